The summed E-state index contributed by atoms with van der Waals surface area (Å²) in [6, 6.07) is 11.5. The van der Waals surface area contributed by atoms with Crippen molar-refractivity contribution in [3.8, 4) is 11.5 Å². The minimum absolute atomic E-state index is 0.0651. The summed E-state index contributed by atoms with van der Waals surface area (Å²) < 4.78 is 10.5. The SMILES string of the molecule is COc1ccc(N2C(=O)C(Cl)=C(Nc3cccc(C(=O)N4CCCC4)c3)C2=O)c(OC)c1. The highest BCUT2D eigenvalue weighted by Gasteiger charge is 2.40. The van der Waals surface area contributed by atoms with Gasteiger partial charge in [-0.1, -0.05) is 17.7 Å². The minimum Gasteiger partial charge on any atom is -0.497 e. The van der Waals surface area contributed by atoms with Gasteiger partial charge in [-0.25, -0.2) is 4.90 Å². The molecule has 3 amide bonds. The Balaban J connectivity index is 1.59. The van der Waals surface area contributed by atoms with Crippen LogP contribution in [0.15, 0.2) is 53.2 Å². The fraction of sp³-hybridized carbons (Fsp3) is 0.261. The zero-order chi connectivity index (χ0) is 22.8. The average molecular weight is 456 g/mol. The molecule has 2 aromatic rings. The van der Waals surface area contributed by atoms with Crippen LogP contribution in [0.5, 0.6) is 11.5 Å². The van der Waals surface area contributed by atoms with E-state index in [1.807, 2.05) is 0 Å². The number of likely N-dealkylation sites (tertiary alicyclic amines) is 1. The van der Waals surface area contributed by atoms with Gasteiger partial charge in [0.15, 0.2) is 0 Å². The fourth-order valence-corrected chi connectivity index (χ4v) is 3.99. The van der Waals surface area contributed by atoms with Crippen molar-refractivity contribution in [1.29, 1.82) is 0 Å². The maximum absolute atomic E-state index is 13.1. The number of methoxy groups -OCH3 is 2. The first-order valence-corrected chi connectivity index (χ1v) is 10.5. The highest BCUT2D eigenvalue weighted by Crippen LogP contribution is 2.37. The number of anilines is 2. The number of nitrogens with one attached hydrogen (secondary N) is 1. The highest BCUT2D eigenvalue weighted by molar-refractivity contribution is 6.53. The first-order valence-electron chi connectivity index (χ1n) is 10.1. The van der Waals surface area contributed by atoms with Gasteiger partial charge in [-0.2, -0.15) is 0 Å². The molecule has 2 aromatic carbocycles. The molecule has 0 radical (unpaired) electrons. The van der Waals surface area contributed by atoms with E-state index in [9.17, 15) is 14.4 Å². The number of hydrogen-bond acceptors (Lipinski definition) is 6. The number of hydrogen-bond donors (Lipinski definition) is 1. The normalized spacial score (nSPS) is 16.1. The van der Waals surface area contributed by atoms with Gasteiger partial charge in [-0.15, -0.1) is 0 Å². The third-order valence-corrected chi connectivity index (χ3v) is 5.78. The van der Waals surface area contributed by atoms with Crippen LogP contribution < -0.4 is 19.7 Å². The number of amides is 3. The average Bonchev–Trinajstić information content (AvgIpc) is 3.42. The molecule has 0 spiro atoms. The summed E-state index contributed by atoms with van der Waals surface area (Å²) in [6.45, 7) is 1.47. The van der Waals surface area contributed by atoms with Crippen molar-refractivity contribution in [2.24, 2.45) is 0 Å². The number of ether oxygens (including phenoxy) is 2. The van der Waals surface area contributed by atoms with E-state index in [1.165, 1.54) is 14.2 Å². The van der Waals surface area contributed by atoms with Crippen LogP contribution in [0.2, 0.25) is 0 Å². The second-order valence-electron chi connectivity index (χ2n) is 7.38. The van der Waals surface area contributed by atoms with E-state index in [-0.39, 0.29) is 28.1 Å². The second-order valence-corrected chi connectivity index (χ2v) is 7.76. The molecule has 1 fully saturated rings. The molecule has 32 heavy (non-hydrogen) atoms. The van der Waals surface area contributed by atoms with Crippen molar-refractivity contribution in [1.82, 2.24) is 4.90 Å². The molecule has 166 valence electrons. The molecule has 0 saturated carbocycles. The lowest BCUT2D eigenvalue weighted by atomic mass is 10.1. The Morgan fingerprint density at radius 1 is 1.00 bits per heavy atom. The summed E-state index contributed by atoms with van der Waals surface area (Å²) in [5.74, 6) is -0.562. The number of carbonyl (C=O) groups is 3. The van der Waals surface area contributed by atoms with E-state index in [4.69, 9.17) is 21.1 Å². The summed E-state index contributed by atoms with van der Waals surface area (Å²) in [6.07, 6.45) is 1.99. The van der Waals surface area contributed by atoms with E-state index in [2.05, 4.69) is 5.32 Å². The molecule has 4 rings (SSSR count). The Morgan fingerprint density at radius 3 is 2.44 bits per heavy atom. The van der Waals surface area contributed by atoms with E-state index < -0.39 is 11.8 Å². The van der Waals surface area contributed by atoms with E-state index in [1.54, 1.807) is 47.4 Å². The molecule has 1 saturated heterocycles. The third-order valence-electron chi connectivity index (χ3n) is 5.43. The van der Waals surface area contributed by atoms with Crippen LogP contribution in [0.25, 0.3) is 0 Å². The zero-order valence-electron chi connectivity index (χ0n) is 17.7. The van der Waals surface area contributed by atoms with E-state index >= 15 is 0 Å². The molecule has 0 aliphatic carbocycles. The number of halogens is 1. The molecule has 0 bridgehead atoms. The van der Waals surface area contributed by atoms with Crippen LogP contribution in [0.3, 0.4) is 0 Å². The van der Waals surface area contributed by atoms with Crippen LogP contribution in [0.1, 0.15) is 23.2 Å². The number of imide groups is 1. The Morgan fingerprint density at radius 2 is 1.75 bits per heavy atom. The van der Waals surface area contributed by atoms with E-state index in [0.717, 1.165) is 30.8 Å². The lowest BCUT2D eigenvalue weighted by Gasteiger charge is -2.19. The van der Waals surface area contributed by atoms with Gasteiger partial charge in [-0.3, -0.25) is 14.4 Å². The van der Waals surface area contributed by atoms with Gasteiger partial charge in [-0.05, 0) is 43.2 Å². The monoisotopic (exact) mass is 455 g/mol. The minimum atomic E-state index is -0.674. The van der Waals surface area contributed by atoms with Crippen LogP contribution in [-0.2, 0) is 9.59 Å². The summed E-state index contributed by atoms with van der Waals surface area (Å²) in [5, 5.41) is 2.67. The van der Waals surface area contributed by atoms with Crippen molar-refractivity contribution in [3.63, 3.8) is 0 Å². The summed E-state index contributed by atoms with van der Waals surface area (Å²) in [5.41, 5.74) is 1.16. The maximum Gasteiger partial charge on any atom is 0.283 e. The van der Waals surface area contributed by atoms with Crippen LogP contribution in [0.4, 0.5) is 11.4 Å². The molecule has 0 atom stereocenters. The largest absolute Gasteiger partial charge is 0.497 e. The second kappa shape index (κ2) is 8.92. The third kappa shape index (κ3) is 3.89. The predicted molar refractivity (Wildman–Crippen MR) is 120 cm³/mol. The molecule has 9 heteroatoms. The first-order chi connectivity index (χ1) is 15.4. The molecule has 1 N–H and O–H groups in total. The van der Waals surface area contributed by atoms with Crippen LogP contribution in [-0.4, -0.2) is 49.9 Å². The number of carbonyl (C=O) groups excluding carboxylic acids is 3. The first kappa shape index (κ1) is 21.7. The number of rotatable bonds is 6. The molecule has 0 aromatic heterocycles. The topological polar surface area (TPSA) is 88.2 Å². The van der Waals surface area contributed by atoms with Crippen molar-refractivity contribution in [2.45, 2.75) is 12.8 Å². The maximum atomic E-state index is 13.1. The molecular formula is C23H22ClN3O5. The van der Waals surface area contributed by atoms with Gasteiger partial charge in [0.25, 0.3) is 17.7 Å². The quantitative estimate of drug-likeness (QED) is 0.672. The summed E-state index contributed by atoms with van der Waals surface area (Å²) in [4.78, 5) is 41.4. The van der Waals surface area contributed by atoms with Crippen LogP contribution in [0, 0.1) is 0 Å². The lowest BCUT2D eigenvalue weighted by Crippen LogP contribution is -2.32. The number of benzene rings is 2. The Kier molecular flexibility index (Phi) is 6.05. The van der Waals surface area contributed by atoms with E-state index in [0.29, 0.717) is 17.0 Å². The Labute approximate surface area is 190 Å². The van der Waals surface area contributed by atoms with Crippen molar-refractivity contribution >= 4 is 40.7 Å². The molecule has 2 heterocycles. The fourth-order valence-electron chi connectivity index (χ4n) is 3.78. The van der Waals surface area contributed by atoms with Crippen LogP contribution >= 0.6 is 11.6 Å². The van der Waals surface area contributed by atoms with Crippen molar-refractivity contribution in [3.05, 3.63) is 58.8 Å². The number of nitrogens with zero attached hydrogens (tertiary/aromatic N) is 2. The summed E-state index contributed by atoms with van der Waals surface area (Å²) in [7, 11) is 2.93. The molecule has 8 nitrogen and oxygen atoms in total. The van der Waals surface area contributed by atoms with Gasteiger partial charge in [0, 0.05) is 30.4 Å². The molecular weight excluding hydrogens is 434 g/mol. The Bertz CT molecular complexity index is 1120. The molecule has 2 aliphatic rings. The summed E-state index contributed by atoms with van der Waals surface area (Å²) >= 11 is 6.24. The molecule has 2 aliphatic heterocycles. The van der Waals surface area contributed by atoms with Gasteiger partial charge >= 0.3 is 0 Å². The predicted octanol–water partition coefficient (Wildman–Crippen LogP) is 3.38. The molecule has 0 unspecified atom stereocenters. The Hall–Kier alpha value is -3.52. The van der Waals surface area contributed by atoms with Gasteiger partial charge in [0.05, 0.1) is 19.9 Å². The lowest BCUT2D eigenvalue weighted by molar-refractivity contribution is -0.120. The van der Waals surface area contributed by atoms with Gasteiger partial charge < -0.3 is 19.7 Å². The zero-order valence-corrected chi connectivity index (χ0v) is 18.4. The van der Waals surface area contributed by atoms with Gasteiger partial charge in [0.1, 0.15) is 22.2 Å². The smallest absolute Gasteiger partial charge is 0.283 e. The highest BCUT2D eigenvalue weighted by atomic mass is 35.5. The van der Waals surface area contributed by atoms with Gasteiger partial charge in [0.2, 0.25) is 0 Å². The van der Waals surface area contributed by atoms with Crippen molar-refractivity contribution < 1.29 is 23.9 Å². The standard InChI is InChI=1S/C23H22ClN3O5/c1-31-16-8-9-17(18(13-16)32-2)27-22(29)19(24)20(23(27)30)25-15-7-5-6-14(12-15)21(28)26-10-3-4-11-26/h5-9,12-13,25H,3-4,10-11H2,1-2H3. The van der Waals surface area contributed by atoms with Crippen molar-refractivity contribution in [2.75, 3.05) is 37.5 Å².